The van der Waals surface area contributed by atoms with E-state index in [1.54, 1.807) is 35.6 Å². The second-order valence-electron chi connectivity index (χ2n) is 6.58. The fourth-order valence-electron chi connectivity index (χ4n) is 3.17. The topological polar surface area (TPSA) is 46.6 Å². The van der Waals surface area contributed by atoms with E-state index in [1.165, 1.54) is 34.7 Å². The zero-order chi connectivity index (χ0) is 19.5. The summed E-state index contributed by atoms with van der Waals surface area (Å²) in [6, 6.07) is 14.1. The summed E-state index contributed by atoms with van der Waals surface area (Å²) >= 11 is 1.74. The predicted octanol–water partition coefficient (Wildman–Crippen LogP) is 4.08. The van der Waals surface area contributed by atoms with Crippen LogP contribution in [0.2, 0.25) is 0 Å². The number of ketones is 1. The highest BCUT2D eigenvalue weighted by molar-refractivity contribution is 7.10. The van der Waals surface area contributed by atoms with Crippen molar-refractivity contribution in [1.29, 1.82) is 0 Å². The van der Waals surface area contributed by atoms with E-state index in [0.717, 1.165) is 6.42 Å². The van der Waals surface area contributed by atoms with Crippen LogP contribution in [0.3, 0.4) is 0 Å². The molecule has 2 heterocycles. The normalized spacial score (nSPS) is 13.1. The zero-order valence-electron chi connectivity index (χ0n) is 15.1. The Kier molecular flexibility index (Phi) is 5.21. The minimum Gasteiger partial charge on any atom is -0.484 e. The van der Waals surface area contributed by atoms with E-state index in [-0.39, 0.29) is 24.1 Å². The molecule has 0 unspecified atom stereocenters. The summed E-state index contributed by atoms with van der Waals surface area (Å²) in [5, 5.41) is 2.06. The van der Waals surface area contributed by atoms with Crippen molar-refractivity contribution in [2.24, 2.45) is 0 Å². The Morgan fingerprint density at radius 2 is 1.68 bits per heavy atom. The molecule has 0 radical (unpaired) electrons. The molecular weight excluding hydrogens is 377 g/mol. The molecule has 6 heteroatoms. The summed E-state index contributed by atoms with van der Waals surface area (Å²) in [5.74, 6) is -0.100. The van der Waals surface area contributed by atoms with Crippen molar-refractivity contribution >= 4 is 23.0 Å². The van der Waals surface area contributed by atoms with Gasteiger partial charge < -0.3 is 9.64 Å². The molecule has 0 N–H and O–H groups in total. The van der Waals surface area contributed by atoms with Gasteiger partial charge in [0.1, 0.15) is 11.6 Å². The van der Waals surface area contributed by atoms with Gasteiger partial charge in [-0.15, -0.1) is 11.3 Å². The minimum absolute atomic E-state index is 0.0370. The Labute approximate surface area is 166 Å². The second kappa shape index (κ2) is 7.94. The van der Waals surface area contributed by atoms with Crippen LogP contribution < -0.4 is 4.74 Å². The van der Waals surface area contributed by atoms with Gasteiger partial charge in [0.25, 0.3) is 5.91 Å². The van der Waals surface area contributed by atoms with Crippen LogP contribution in [0.25, 0.3) is 0 Å². The molecule has 28 heavy (non-hydrogen) atoms. The van der Waals surface area contributed by atoms with Crippen LogP contribution in [0, 0.1) is 5.82 Å². The lowest BCUT2D eigenvalue weighted by atomic mass is 10.0. The predicted molar refractivity (Wildman–Crippen MR) is 105 cm³/mol. The number of ether oxygens (including phenoxy) is 1. The number of fused-ring (bicyclic) bond motifs is 1. The fraction of sp³-hybridized carbons (Fsp3) is 0.182. The van der Waals surface area contributed by atoms with Crippen LogP contribution >= 0.6 is 11.3 Å². The van der Waals surface area contributed by atoms with Gasteiger partial charge in [0.2, 0.25) is 0 Å². The van der Waals surface area contributed by atoms with E-state index in [4.69, 9.17) is 4.74 Å². The quantitative estimate of drug-likeness (QED) is 0.612. The standard InChI is InChI=1S/C22H18FNO3S/c23-18-5-1-15(2-6-18)22(26)16-3-7-19(8-4-16)27-14-21(25)24-11-9-20-17(13-24)10-12-28-20/h1-8,10,12H,9,11,13-14H2. The van der Waals surface area contributed by atoms with E-state index in [2.05, 4.69) is 11.4 Å². The Morgan fingerprint density at radius 1 is 1.00 bits per heavy atom. The third-order valence-corrected chi connectivity index (χ3v) is 5.77. The van der Waals surface area contributed by atoms with Gasteiger partial charge in [-0.2, -0.15) is 0 Å². The first-order valence-electron chi connectivity index (χ1n) is 8.96. The van der Waals surface area contributed by atoms with Gasteiger partial charge >= 0.3 is 0 Å². The Bertz CT molecular complexity index is 995. The summed E-state index contributed by atoms with van der Waals surface area (Å²) in [5.41, 5.74) is 2.11. The van der Waals surface area contributed by atoms with Crippen molar-refractivity contribution < 1.29 is 18.7 Å². The first kappa shape index (κ1) is 18.4. The highest BCUT2D eigenvalue weighted by Gasteiger charge is 2.21. The van der Waals surface area contributed by atoms with Gasteiger partial charge in [0.15, 0.2) is 12.4 Å². The van der Waals surface area contributed by atoms with Crippen LogP contribution in [0.15, 0.2) is 60.0 Å². The number of amides is 1. The maximum absolute atomic E-state index is 13.0. The highest BCUT2D eigenvalue weighted by Crippen LogP contribution is 2.24. The monoisotopic (exact) mass is 395 g/mol. The average Bonchev–Trinajstić information content (AvgIpc) is 3.20. The molecule has 0 spiro atoms. The van der Waals surface area contributed by atoms with Crippen LogP contribution in [-0.2, 0) is 17.8 Å². The van der Waals surface area contributed by atoms with Crippen molar-refractivity contribution in [3.05, 3.63) is 87.4 Å². The largest absolute Gasteiger partial charge is 0.484 e. The number of carbonyl (C=O) groups is 2. The first-order valence-corrected chi connectivity index (χ1v) is 9.84. The molecule has 1 aliphatic heterocycles. The maximum Gasteiger partial charge on any atom is 0.260 e. The van der Waals surface area contributed by atoms with Gasteiger partial charge in [-0.3, -0.25) is 9.59 Å². The van der Waals surface area contributed by atoms with E-state index in [1.807, 2.05) is 4.90 Å². The van der Waals surface area contributed by atoms with Gasteiger partial charge in [0, 0.05) is 29.1 Å². The molecule has 0 fully saturated rings. The molecule has 0 saturated carbocycles. The number of carbonyl (C=O) groups excluding carboxylic acids is 2. The lowest BCUT2D eigenvalue weighted by Gasteiger charge is -2.27. The molecule has 4 nitrogen and oxygen atoms in total. The molecule has 2 aromatic carbocycles. The number of nitrogens with zero attached hydrogens (tertiary/aromatic N) is 1. The van der Waals surface area contributed by atoms with Crippen molar-refractivity contribution in [2.75, 3.05) is 13.2 Å². The molecule has 1 amide bonds. The van der Waals surface area contributed by atoms with Crippen LogP contribution in [0.1, 0.15) is 26.4 Å². The van der Waals surface area contributed by atoms with E-state index in [0.29, 0.717) is 30.0 Å². The summed E-state index contributed by atoms with van der Waals surface area (Å²) in [6.07, 6.45) is 0.888. The molecule has 0 bridgehead atoms. The van der Waals surface area contributed by atoms with Crippen molar-refractivity contribution in [3.63, 3.8) is 0 Å². The minimum atomic E-state index is -0.381. The number of hydrogen-bond donors (Lipinski definition) is 0. The lowest BCUT2D eigenvalue weighted by molar-refractivity contribution is -0.134. The molecule has 1 aromatic heterocycles. The van der Waals surface area contributed by atoms with E-state index < -0.39 is 0 Å². The van der Waals surface area contributed by atoms with Crippen molar-refractivity contribution in [2.45, 2.75) is 13.0 Å². The molecule has 0 atom stereocenters. The molecule has 142 valence electrons. The zero-order valence-corrected chi connectivity index (χ0v) is 15.9. The Balaban J connectivity index is 1.34. The number of benzene rings is 2. The van der Waals surface area contributed by atoms with E-state index >= 15 is 0 Å². The summed E-state index contributed by atoms with van der Waals surface area (Å²) in [7, 11) is 0. The molecule has 0 saturated heterocycles. The second-order valence-corrected chi connectivity index (χ2v) is 7.58. The van der Waals surface area contributed by atoms with Gasteiger partial charge in [-0.1, -0.05) is 0 Å². The molecular formula is C22H18FNO3S. The van der Waals surface area contributed by atoms with Crippen LogP contribution in [0.5, 0.6) is 5.75 Å². The van der Waals surface area contributed by atoms with Crippen molar-refractivity contribution in [1.82, 2.24) is 4.90 Å². The van der Waals surface area contributed by atoms with Crippen molar-refractivity contribution in [3.8, 4) is 5.75 Å². The van der Waals surface area contributed by atoms with Gasteiger partial charge in [-0.25, -0.2) is 4.39 Å². The number of rotatable bonds is 5. The van der Waals surface area contributed by atoms with Crippen LogP contribution in [-0.4, -0.2) is 29.7 Å². The summed E-state index contributed by atoms with van der Waals surface area (Å²) < 4.78 is 18.6. The number of hydrogen-bond acceptors (Lipinski definition) is 4. The van der Waals surface area contributed by atoms with Gasteiger partial charge in [-0.05, 0) is 72.0 Å². The number of halogens is 1. The third-order valence-electron chi connectivity index (χ3n) is 4.75. The SMILES string of the molecule is O=C(c1ccc(F)cc1)c1ccc(OCC(=O)N2CCc3sccc3C2)cc1. The lowest BCUT2D eigenvalue weighted by Crippen LogP contribution is -2.38. The Morgan fingerprint density at radius 3 is 2.39 bits per heavy atom. The third kappa shape index (κ3) is 3.97. The average molecular weight is 395 g/mol. The number of thiophene rings is 1. The molecule has 4 rings (SSSR count). The Hall–Kier alpha value is -2.99. The maximum atomic E-state index is 13.0. The van der Waals surface area contributed by atoms with Crippen LogP contribution in [0.4, 0.5) is 4.39 Å². The molecule has 1 aliphatic rings. The van der Waals surface area contributed by atoms with E-state index in [9.17, 15) is 14.0 Å². The van der Waals surface area contributed by atoms with Gasteiger partial charge in [0.05, 0.1) is 0 Å². The molecule has 0 aliphatic carbocycles. The molecule has 3 aromatic rings. The summed E-state index contributed by atoms with van der Waals surface area (Å²) in [4.78, 5) is 28.0. The summed E-state index contributed by atoms with van der Waals surface area (Å²) in [6.45, 7) is 1.30. The smallest absolute Gasteiger partial charge is 0.260 e. The first-order chi connectivity index (χ1) is 13.6. The highest BCUT2D eigenvalue weighted by atomic mass is 32.1. The fourth-order valence-corrected chi connectivity index (χ4v) is 4.06.